The summed E-state index contributed by atoms with van der Waals surface area (Å²) in [6.45, 7) is 7.64. The molecule has 0 aliphatic carbocycles. The zero-order valence-electron chi connectivity index (χ0n) is 19.8. The quantitative estimate of drug-likeness (QED) is 0.491. The number of aryl methyl sites for hydroxylation is 2. The van der Waals surface area contributed by atoms with Crippen LogP contribution < -0.4 is 4.90 Å². The molecule has 1 aliphatic rings. The summed E-state index contributed by atoms with van der Waals surface area (Å²) in [7, 11) is 1.85. The molecule has 1 aliphatic heterocycles. The number of hydrogen-bond acceptors (Lipinski definition) is 2. The van der Waals surface area contributed by atoms with E-state index in [-0.39, 0.29) is 5.91 Å². The number of hydrogen-bond donors (Lipinski definition) is 0. The third-order valence-electron chi connectivity index (χ3n) is 6.75. The van der Waals surface area contributed by atoms with E-state index in [0.29, 0.717) is 12.6 Å². The fraction of sp³-hybridized carbons (Fsp3) is 0.345. The lowest BCUT2D eigenvalue weighted by Gasteiger charge is -2.39. The highest BCUT2D eigenvalue weighted by atomic mass is 16.2. The molecule has 0 fully saturated rings. The van der Waals surface area contributed by atoms with E-state index >= 15 is 0 Å². The minimum atomic E-state index is 0.0892. The van der Waals surface area contributed by atoms with Gasteiger partial charge in [-0.1, -0.05) is 67.1 Å². The maximum Gasteiger partial charge on any atom is 0.219 e. The molecule has 1 unspecified atom stereocenters. The summed E-state index contributed by atoms with van der Waals surface area (Å²) in [6.07, 6.45) is 3.14. The highest BCUT2D eigenvalue weighted by Gasteiger charge is 2.28. The fourth-order valence-electron chi connectivity index (χ4n) is 4.64. The number of nitrogens with zero attached hydrogens (tertiary/aromatic N) is 2. The van der Waals surface area contributed by atoms with Gasteiger partial charge in [-0.3, -0.25) is 4.79 Å². The second-order valence-electron chi connectivity index (χ2n) is 9.08. The molecule has 0 aromatic heterocycles. The van der Waals surface area contributed by atoms with Crippen molar-refractivity contribution in [2.24, 2.45) is 0 Å². The minimum Gasteiger partial charge on any atom is -0.364 e. The van der Waals surface area contributed by atoms with Crippen LogP contribution in [-0.4, -0.2) is 24.4 Å². The van der Waals surface area contributed by atoms with E-state index in [1.165, 1.54) is 33.5 Å². The zero-order valence-corrected chi connectivity index (χ0v) is 19.8. The largest absolute Gasteiger partial charge is 0.364 e. The molecule has 1 amide bonds. The summed E-state index contributed by atoms with van der Waals surface area (Å²) in [5.41, 5.74) is 9.45. The number of benzene rings is 3. The molecule has 1 heterocycles. The van der Waals surface area contributed by atoms with Gasteiger partial charge in [-0.15, -0.1) is 0 Å². The summed E-state index contributed by atoms with van der Waals surface area (Å²) in [4.78, 5) is 15.9. The van der Waals surface area contributed by atoms with Crippen molar-refractivity contribution in [1.82, 2.24) is 4.90 Å². The summed E-state index contributed by atoms with van der Waals surface area (Å²) >= 11 is 0. The second-order valence-corrected chi connectivity index (χ2v) is 9.08. The van der Waals surface area contributed by atoms with Gasteiger partial charge in [-0.25, -0.2) is 0 Å². The average Bonchev–Trinajstić information content (AvgIpc) is 2.80. The van der Waals surface area contributed by atoms with E-state index in [2.05, 4.69) is 85.5 Å². The van der Waals surface area contributed by atoms with Gasteiger partial charge in [0.05, 0.1) is 6.04 Å². The minimum absolute atomic E-state index is 0.0892. The molecule has 3 aromatic rings. The van der Waals surface area contributed by atoms with Gasteiger partial charge in [0.2, 0.25) is 5.91 Å². The topological polar surface area (TPSA) is 23.6 Å². The van der Waals surface area contributed by atoms with Crippen molar-refractivity contribution >= 4 is 11.6 Å². The molecule has 1 atom stereocenters. The fourth-order valence-corrected chi connectivity index (χ4v) is 4.64. The predicted molar refractivity (Wildman–Crippen MR) is 133 cm³/mol. The Morgan fingerprint density at radius 3 is 2.28 bits per heavy atom. The SMILES string of the molecule is CCc1ccc2c(c1)CCN(c1ccc(CN(C)C(C)=O)cc1)C2Cc1ccc(C)cc1. The van der Waals surface area contributed by atoms with Crippen LogP contribution in [0.5, 0.6) is 0 Å². The van der Waals surface area contributed by atoms with Crippen LogP contribution in [0.3, 0.4) is 0 Å². The van der Waals surface area contributed by atoms with Crippen LogP contribution in [0.4, 0.5) is 5.69 Å². The van der Waals surface area contributed by atoms with Crippen LogP contribution in [0.15, 0.2) is 66.7 Å². The van der Waals surface area contributed by atoms with Crippen LogP contribution >= 0.6 is 0 Å². The third-order valence-corrected chi connectivity index (χ3v) is 6.75. The van der Waals surface area contributed by atoms with Crippen LogP contribution in [-0.2, 0) is 30.6 Å². The molecule has 3 aromatic carbocycles. The van der Waals surface area contributed by atoms with Crippen molar-refractivity contribution in [1.29, 1.82) is 0 Å². The second kappa shape index (κ2) is 9.60. The molecule has 3 nitrogen and oxygen atoms in total. The summed E-state index contributed by atoms with van der Waals surface area (Å²) in [6, 6.07) is 25.1. The molecule has 3 heteroatoms. The van der Waals surface area contributed by atoms with Crippen LogP contribution in [0.2, 0.25) is 0 Å². The van der Waals surface area contributed by atoms with Gasteiger partial charge in [0.25, 0.3) is 0 Å². The molecule has 0 bridgehead atoms. The lowest BCUT2D eigenvalue weighted by molar-refractivity contribution is -0.128. The molecular formula is C29H34N2O. The Morgan fingerprint density at radius 2 is 1.62 bits per heavy atom. The third kappa shape index (κ3) is 4.88. The number of carbonyl (C=O) groups excluding carboxylic acids is 1. The first kappa shape index (κ1) is 22.1. The van der Waals surface area contributed by atoms with Crippen LogP contribution in [0.25, 0.3) is 0 Å². The van der Waals surface area contributed by atoms with Gasteiger partial charge in [0.15, 0.2) is 0 Å². The number of amides is 1. The number of carbonyl (C=O) groups is 1. The lowest BCUT2D eigenvalue weighted by Crippen LogP contribution is -2.36. The van der Waals surface area contributed by atoms with E-state index in [0.717, 1.165) is 31.4 Å². The van der Waals surface area contributed by atoms with Crippen molar-refractivity contribution in [3.05, 3.63) is 100 Å². The smallest absolute Gasteiger partial charge is 0.219 e. The maximum absolute atomic E-state index is 11.6. The first-order valence-corrected chi connectivity index (χ1v) is 11.7. The molecule has 0 saturated heterocycles. The van der Waals surface area contributed by atoms with Crippen molar-refractivity contribution in [3.8, 4) is 0 Å². The Morgan fingerprint density at radius 1 is 0.969 bits per heavy atom. The molecule has 0 radical (unpaired) electrons. The Bertz CT molecular complexity index is 1070. The lowest BCUT2D eigenvalue weighted by atomic mass is 9.86. The monoisotopic (exact) mass is 426 g/mol. The summed E-state index contributed by atoms with van der Waals surface area (Å²) < 4.78 is 0. The van der Waals surface area contributed by atoms with Gasteiger partial charge < -0.3 is 9.80 Å². The molecule has 32 heavy (non-hydrogen) atoms. The van der Waals surface area contributed by atoms with Crippen molar-refractivity contribution in [2.45, 2.75) is 52.6 Å². The van der Waals surface area contributed by atoms with E-state index in [1.54, 1.807) is 11.8 Å². The van der Waals surface area contributed by atoms with Crippen molar-refractivity contribution in [2.75, 3.05) is 18.5 Å². The molecule has 0 N–H and O–H groups in total. The Labute approximate surface area is 192 Å². The van der Waals surface area contributed by atoms with Crippen molar-refractivity contribution < 1.29 is 4.79 Å². The highest BCUT2D eigenvalue weighted by molar-refractivity contribution is 5.72. The molecule has 4 rings (SSSR count). The molecule has 166 valence electrons. The van der Waals surface area contributed by atoms with Crippen LogP contribution in [0.1, 0.15) is 53.3 Å². The number of fused-ring (bicyclic) bond motifs is 1. The Hall–Kier alpha value is -3.07. The molecule has 0 spiro atoms. The zero-order chi connectivity index (χ0) is 22.7. The number of anilines is 1. The molecular weight excluding hydrogens is 392 g/mol. The van der Waals surface area contributed by atoms with Gasteiger partial charge in [0, 0.05) is 32.7 Å². The first-order chi connectivity index (χ1) is 15.4. The summed E-state index contributed by atoms with van der Waals surface area (Å²) in [5, 5.41) is 0. The van der Waals surface area contributed by atoms with Gasteiger partial charge in [-0.2, -0.15) is 0 Å². The van der Waals surface area contributed by atoms with Gasteiger partial charge in [0.1, 0.15) is 0 Å². The highest BCUT2D eigenvalue weighted by Crippen LogP contribution is 2.36. The normalized spacial score (nSPS) is 15.4. The Balaban J connectivity index is 1.64. The molecule has 0 saturated carbocycles. The first-order valence-electron chi connectivity index (χ1n) is 11.7. The van der Waals surface area contributed by atoms with E-state index in [4.69, 9.17) is 0 Å². The van der Waals surface area contributed by atoms with Gasteiger partial charge >= 0.3 is 0 Å². The van der Waals surface area contributed by atoms with E-state index in [9.17, 15) is 4.79 Å². The number of rotatable bonds is 6. The Kier molecular flexibility index (Phi) is 6.64. The average molecular weight is 427 g/mol. The summed E-state index contributed by atoms with van der Waals surface area (Å²) in [5.74, 6) is 0.0892. The maximum atomic E-state index is 11.6. The van der Waals surface area contributed by atoms with Gasteiger partial charge in [-0.05, 0) is 66.1 Å². The van der Waals surface area contributed by atoms with E-state index < -0.39 is 0 Å². The predicted octanol–water partition coefficient (Wildman–Crippen LogP) is 5.88. The van der Waals surface area contributed by atoms with Crippen LogP contribution in [0, 0.1) is 6.92 Å². The van der Waals surface area contributed by atoms with Crippen molar-refractivity contribution in [3.63, 3.8) is 0 Å². The van der Waals surface area contributed by atoms with E-state index in [1.807, 2.05) is 7.05 Å². The standard InChI is InChI=1S/C29H34N2O/c1-5-23-12-15-28-26(18-23)16-17-31(29(28)19-24-8-6-21(2)7-9-24)27-13-10-25(11-14-27)20-30(4)22(3)32/h6-15,18,29H,5,16-17,19-20H2,1-4H3.